The molecule has 2 nitrogen and oxygen atoms in total. The Hall–Kier alpha value is -1.47. The maximum absolute atomic E-state index is 13.0. The van der Waals surface area contributed by atoms with Gasteiger partial charge in [-0.3, -0.25) is 0 Å². The molecular formula is C9H8F2N2. The summed E-state index contributed by atoms with van der Waals surface area (Å²) in [4.78, 5) is 0. The minimum absolute atomic E-state index is 0.0994. The molecule has 0 heterocycles. The normalized spacial score (nSPS) is 12.2. The van der Waals surface area contributed by atoms with Crippen LogP contribution in [-0.2, 0) is 0 Å². The van der Waals surface area contributed by atoms with E-state index < -0.39 is 17.7 Å². The molecular weight excluding hydrogens is 174 g/mol. The lowest BCUT2D eigenvalue weighted by Gasteiger charge is -2.09. The number of nitrogens with two attached hydrogens (primary N) is 1. The molecule has 0 aliphatic carbocycles. The molecule has 0 fully saturated rings. The summed E-state index contributed by atoms with van der Waals surface area (Å²) in [5.41, 5.74) is 5.19. The average molecular weight is 182 g/mol. The molecule has 0 spiro atoms. The molecule has 1 unspecified atom stereocenters. The van der Waals surface area contributed by atoms with Crippen LogP contribution >= 0.6 is 0 Å². The highest BCUT2D eigenvalue weighted by Crippen LogP contribution is 2.20. The zero-order chi connectivity index (χ0) is 9.84. The lowest BCUT2D eigenvalue weighted by molar-refractivity contribution is 0.528. The van der Waals surface area contributed by atoms with Crippen molar-refractivity contribution in [3.8, 4) is 6.07 Å². The standard InChI is InChI=1S/C9H8F2N2/c10-6-2-1-3-7(11)9(6)8(13)4-5-12/h1-3,8H,4,13H2. The van der Waals surface area contributed by atoms with Gasteiger partial charge >= 0.3 is 0 Å². The smallest absolute Gasteiger partial charge is 0.130 e. The molecule has 0 amide bonds. The number of nitrogens with zero attached hydrogens (tertiary/aromatic N) is 1. The summed E-state index contributed by atoms with van der Waals surface area (Å²) < 4.78 is 26.0. The summed E-state index contributed by atoms with van der Waals surface area (Å²) in [6, 6.07) is 4.36. The Morgan fingerprint density at radius 3 is 2.38 bits per heavy atom. The second kappa shape index (κ2) is 3.97. The highest BCUT2D eigenvalue weighted by Gasteiger charge is 2.15. The third-order valence-electron chi connectivity index (χ3n) is 1.68. The van der Waals surface area contributed by atoms with Gasteiger partial charge in [-0.2, -0.15) is 5.26 Å². The summed E-state index contributed by atoms with van der Waals surface area (Å²) in [6.45, 7) is 0. The Kier molecular flexibility index (Phi) is 2.93. The molecule has 1 aromatic rings. The van der Waals surface area contributed by atoms with Crippen molar-refractivity contribution < 1.29 is 8.78 Å². The molecule has 0 saturated heterocycles. The van der Waals surface area contributed by atoms with E-state index in [0.717, 1.165) is 12.1 Å². The molecule has 4 heteroatoms. The quantitative estimate of drug-likeness (QED) is 0.759. The number of hydrogen-bond acceptors (Lipinski definition) is 2. The van der Waals surface area contributed by atoms with Crippen molar-refractivity contribution in [2.45, 2.75) is 12.5 Å². The van der Waals surface area contributed by atoms with Crippen molar-refractivity contribution in [1.82, 2.24) is 0 Å². The van der Waals surface area contributed by atoms with Crippen LogP contribution in [0.25, 0.3) is 0 Å². The Labute approximate surface area is 74.6 Å². The van der Waals surface area contributed by atoms with Crippen molar-refractivity contribution in [1.29, 1.82) is 5.26 Å². The molecule has 0 aliphatic rings. The summed E-state index contributed by atoms with van der Waals surface area (Å²) in [5, 5.41) is 8.30. The molecule has 0 saturated carbocycles. The highest BCUT2D eigenvalue weighted by atomic mass is 19.1. The van der Waals surface area contributed by atoms with E-state index in [1.165, 1.54) is 6.07 Å². The number of benzene rings is 1. The molecule has 1 atom stereocenters. The average Bonchev–Trinajstić information content (AvgIpc) is 2.04. The van der Waals surface area contributed by atoms with Gasteiger partial charge in [-0.05, 0) is 12.1 Å². The fraction of sp³-hybridized carbons (Fsp3) is 0.222. The topological polar surface area (TPSA) is 49.8 Å². The molecule has 0 bridgehead atoms. The van der Waals surface area contributed by atoms with E-state index in [1.54, 1.807) is 6.07 Å². The molecule has 0 aliphatic heterocycles. The van der Waals surface area contributed by atoms with Crippen LogP contribution < -0.4 is 5.73 Å². The number of rotatable bonds is 2. The van der Waals surface area contributed by atoms with Gasteiger partial charge in [0.2, 0.25) is 0 Å². The summed E-state index contributed by atoms with van der Waals surface area (Å²) in [6.07, 6.45) is -0.0994. The minimum atomic E-state index is -0.897. The predicted molar refractivity (Wildman–Crippen MR) is 43.5 cm³/mol. The molecule has 1 rings (SSSR count). The molecule has 68 valence electrons. The molecule has 0 radical (unpaired) electrons. The van der Waals surface area contributed by atoms with Crippen LogP contribution in [0.1, 0.15) is 18.0 Å². The van der Waals surface area contributed by atoms with Crippen LogP contribution in [0, 0.1) is 23.0 Å². The fourth-order valence-corrected chi connectivity index (χ4v) is 1.07. The molecule has 1 aromatic carbocycles. The number of halogens is 2. The van der Waals surface area contributed by atoms with E-state index in [-0.39, 0.29) is 12.0 Å². The van der Waals surface area contributed by atoms with Gasteiger partial charge in [-0.25, -0.2) is 8.78 Å². The monoisotopic (exact) mass is 182 g/mol. The fourth-order valence-electron chi connectivity index (χ4n) is 1.07. The summed E-state index contributed by atoms with van der Waals surface area (Å²) in [5.74, 6) is -1.41. The van der Waals surface area contributed by atoms with E-state index in [9.17, 15) is 8.78 Å². The third kappa shape index (κ3) is 2.01. The van der Waals surface area contributed by atoms with Crippen molar-refractivity contribution in [3.63, 3.8) is 0 Å². The van der Waals surface area contributed by atoms with Crippen LogP contribution in [0.2, 0.25) is 0 Å². The van der Waals surface area contributed by atoms with Crippen molar-refractivity contribution >= 4 is 0 Å². The second-order valence-electron chi connectivity index (χ2n) is 2.60. The first kappa shape index (κ1) is 9.62. The number of nitriles is 1. The van der Waals surface area contributed by atoms with Crippen LogP contribution in [0.4, 0.5) is 8.78 Å². The minimum Gasteiger partial charge on any atom is -0.323 e. The maximum Gasteiger partial charge on any atom is 0.130 e. The van der Waals surface area contributed by atoms with Gasteiger partial charge in [-0.1, -0.05) is 6.07 Å². The van der Waals surface area contributed by atoms with Crippen molar-refractivity contribution in [2.75, 3.05) is 0 Å². The molecule has 2 N–H and O–H groups in total. The lowest BCUT2D eigenvalue weighted by Crippen LogP contribution is -2.13. The van der Waals surface area contributed by atoms with Gasteiger partial charge in [0, 0.05) is 11.6 Å². The summed E-state index contributed by atoms with van der Waals surface area (Å²) in [7, 11) is 0. The van der Waals surface area contributed by atoms with Crippen LogP contribution in [0.5, 0.6) is 0 Å². The maximum atomic E-state index is 13.0. The SMILES string of the molecule is N#CCC(N)c1c(F)cccc1F. The first-order valence-electron chi connectivity index (χ1n) is 3.73. The van der Waals surface area contributed by atoms with E-state index in [1.807, 2.05) is 0 Å². The van der Waals surface area contributed by atoms with Crippen molar-refractivity contribution in [3.05, 3.63) is 35.4 Å². The first-order chi connectivity index (χ1) is 6.16. The Morgan fingerprint density at radius 2 is 1.92 bits per heavy atom. The van der Waals surface area contributed by atoms with Gasteiger partial charge in [0.25, 0.3) is 0 Å². The van der Waals surface area contributed by atoms with Crippen LogP contribution in [0.15, 0.2) is 18.2 Å². The van der Waals surface area contributed by atoms with Crippen LogP contribution in [0.3, 0.4) is 0 Å². The van der Waals surface area contributed by atoms with Gasteiger partial charge in [0.15, 0.2) is 0 Å². The highest BCUT2D eigenvalue weighted by molar-refractivity contribution is 5.23. The van der Waals surface area contributed by atoms with Gasteiger partial charge in [0.1, 0.15) is 11.6 Å². The number of hydrogen-bond donors (Lipinski definition) is 1. The summed E-state index contributed by atoms with van der Waals surface area (Å²) >= 11 is 0. The zero-order valence-corrected chi connectivity index (χ0v) is 6.80. The Morgan fingerprint density at radius 1 is 1.38 bits per heavy atom. The van der Waals surface area contributed by atoms with Gasteiger partial charge < -0.3 is 5.73 Å². The Bertz CT molecular complexity index is 324. The van der Waals surface area contributed by atoms with E-state index in [4.69, 9.17) is 11.0 Å². The largest absolute Gasteiger partial charge is 0.323 e. The molecule has 13 heavy (non-hydrogen) atoms. The van der Waals surface area contributed by atoms with E-state index in [2.05, 4.69) is 0 Å². The predicted octanol–water partition coefficient (Wildman–Crippen LogP) is 1.88. The first-order valence-corrected chi connectivity index (χ1v) is 3.73. The van der Waals surface area contributed by atoms with Gasteiger partial charge in [-0.15, -0.1) is 0 Å². The van der Waals surface area contributed by atoms with Crippen molar-refractivity contribution in [2.24, 2.45) is 5.73 Å². The zero-order valence-electron chi connectivity index (χ0n) is 6.80. The van der Waals surface area contributed by atoms with Crippen LogP contribution in [-0.4, -0.2) is 0 Å². The lowest BCUT2D eigenvalue weighted by atomic mass is 10.0. The van der Waals surface area contributed by atoms with E-state index in [0.29, 0.717) is 0 Å². The van der Waals surface area contributed by atoms with E-state index >= 15 is 0 Å². The van der Waals surface area contributed by atoms with Gasteiger partial charge in [0.05, 0.1) is 12.5 Å². The Balaban J connectivity index is 3.06. The third-order valence-corrected chi connectivity index (χ3v) is 1.68. The second-order valence-corrected chi connectivity index (χ2v) is 2.60. The molecule has 0 aromatic heterocycles.